The molecule has 1 aliphatic rings. The highest BCUT2D eigenvalue weighted by atomic mass is 32.2. The van der Waals surface area contributed by atoms with E-state index in [1.165, 1.54) is 24.8 Å². The number of carbonyl (C=O) groups excluding carboxylic acids is 1. The molecule has 2 aromatic carbocycles. The molecule has 1 heterocycles. The fraction of sp³-hybridized carbons (Fsp3) is 0.364. The molecule has 0 saturated heterocycles. The Bertz CT molecular complexity index is 918. The van der Waals surface area contributed by atoms with Crippen molar-refractivity contribution < 1.29 is 9.53 Å². The van der Waals surface area contributed by atoms with Gasteiger partial charge in [0.1, 0.15) is 11.6 Å². The number of rotatable bonds is 7. The Balaban J connectivity index is 1.39. The number of amides is 2. The van der Waals surface area contributed by atoms with Crippen LogP contribution in [0.1, 0.15) is 31.5 Å². The first-order valence-electron chi connectivity index (χ1n) is 10.0. The number of aromatic amines is 1. The third kappa shape index (κ3) is 4.85. The van der Waals surface area contributed by atoms with Gasteiger partial charge in [0.25, 0.3) is 0 Å². The van der Waals surface area contributed by atoms with Gasteiger partial charge in [-0.05, 0) is 61.2 Å². The molecule has 0 atom stereocenters. The second-order valence-electron chi connectivity index (χ2n) is 7.27. The first kappa shape index (κ1) is 19.6. The van der Waals surface area contributed by atoms with Gasteiger partial charge in [-0.3, -0.25) is 4.72 Å². The molecule has 7 heteroatoms. The number of H-pyrrole nitrogens is 1. The summed E-state index contributed by atoms with van der Waals surface area (Å²) in [6, 6.07) is 16.0. The normalized spacial score (nSPS) is 14.2. The van der Waals surface area contributed by atoms with Gasteiger partial charge < -0.3 is 14.6 Å². The van der Waals surface area contributed by atoms with Crippen LogP contribution in [0.25, 0.3) is 11.0 Å². The van der Waals surface area contributed by atoms with E-state index in [-0.39, 0.29) is 6.03 Å². The molecule has 0 bridgehead atoms. The van der Waals surface area contributed by atoms with E-state index in [0.717, 1.165) is 40.3 Å². The van der Waals surface area contributed by atoms with E-state index in [9.17, 15) is 4.79 Å². The molecule has 3 aromatic rings. The lowest BCUT2D eigenvalue weighted by Crippen LogP contribution is -2.44. The second-order valence-corrected chi connectivity index (χ2v) is 8.15. The number of carbonyl (C=O) groups is 1. The van der Waals surface area contributed by atoms with Gasteiger partial charge in [-0.15, -0.1) is 0 Å². The number of imidazole rings is 1. The molecule has 0 spiro atoms. The van der Waals surface area contributed by atoms with Crippen molar-refractivity contribution in [3.05, 3.63) is 54.4 Å². The molecule has 0 radical (unpaired) electrons. The lowest BCUT2D eigenvalue weighted by molar-refractivity contribution is 0.182. The van der Waals surface area contributed by atoms with Gasteiger partial charge >= 0.3 is 6.03 Å². The zero-order chi connectivity index (χ0) is 20.1. The van der Waals surface area contributed by atoms with Crippen LogP contribution in [0.3, 0.4) is 0 Å². The highest BCUT2D eigenvalue weighted by molar-refractivity contribution is 7.98. The maximum Gasteiger partial charge on any atom is 0.327 e. The molecule has 1 aliphatic carbocycles. The van der Waals surface area contributed by atoms with E-state index in [4.69, 9.17) is 4.74 Å². The highest BCUT2D eigenvalue weighted by Crippen LogP contribution is 2.25. The largest absolute Gasteiger partial charge is 0.497 e. The third-order valence-corrected chi connectivity index (χ3v) is 6.15. The maximum atomic E-state index is 13.0. The first-order chi connectivity index (χ1) is 14.2. The van der Waals surface area contributed by atoms with Crippen molar-refractivity contribution in [1.82, 2.24) is 19.6 Å². The Kier molecular flexibility index (Phi) is 6.24. The molecule has 1 aromatic heterocycles. The Labute approximate surface area is 175 Å². The highest BCUT2D eigenvalue weighted by Gasteiger charge is 2.26. The summed E-state index contributed by atoms with van der Waals surface area (Å²) < 4.78 is 8.19. The summed E-state index contributed by atoms with van der Waals surface area (Å²) in [6.45, 7) is 0.652. The SMILES string of the molecule is COc1ccc(SNC(=O)N(CCc2nc3ccccc3[nH]2)C2CCCC2)cc1. The fourth-order valence-corrected chi connectivity index (χ4v) is 4.42. The number of urea groups is 1. The van der Waals surface area contributed by atoms with Gasteiger partial charge in [0.2, 0.25) is 0 Å². The number of methoxy groups -OCH3 is 1. The number of hydrogen-bond donors (Lipinski definition) is 2. The first-order valence-corrected chi connectivity index (χ1v) is 10.9. The summed E-state index contributed by atoms with van der Waals surface area (Å²) in [4.78, 5) is 23.9. The molecular weight excluding hydrogens is 384 g/mol. The van der Waals surface area contributed by atoms with Gasteiger partial charge in [0.15, 0.2) is 0 Å². The summed E-state index contributed by atoms with van der Waals surface area (Å²) in [5.41, 5.74) is 2.00. The Hall–Kier alpha value is -2.67. The van der Waals surface area contributed by atoms with E-state index in [0.29, 0.717) is 19.0 Å². The van der Waals surface area contributed by atoms with Crippen LogP contribution >= 0.6 is 11.9 Å². The summed E-state index contributed by atoms with van der Waals surface area (Å²) >= 11 is 1.34. The molecule has 6 nitrogen and oxygen atoms in total. The Morgan fingerprint density at radius 3 is 2.69 bits per heavy atom. The summed E-state index contributed by atoms with van der Waals surface area (Å²) in [7, 11) is 1.64. The van der Waals surface area contributed by atoms with Crippen LogP contribution in [0.4, 0.5) is 4.79 Å². The molecule has 1 saturated carbocycles. The van der Waals surface area contributed by atoms with Crippen LogP contribution in [0.15, 0.2) is 53.4 Å². The van der Waals surface area contributed by atoms with Crippen molar-refractivity contribution in [1.29, 1.82) is 0 Å². The van der Waals surface area contributed by atoms with Crippen LogP contribution in [-0.2, 0) is 6.42 Å². The third-order valence-electron chi connectivity index (χ3n) is 5.37. The lowest BCUT2D eigenvalue weighted by Gasteiger charge is -2.28. The Morgan fingerprint density at radius 1 is 1.21 bits per heavy atom. The average molecular weight is 411 g/mol. The van der Waals surface area contributed by atoms with Crippen molar-refractivity contribution in [2.45, 2.75) is 43.0 Å². The van der Waals surface area contributed by atoms with E-state index in [2.05, 4.69) is 14.7 Å². The number of nitrogens with zero attached hydrogens (tertiary/aromatic N) is 2. The fourth-order valence-electron chi connectivity index (χ4n) is 3.82. The number of aromatic nitrogens is 2. The smallest absolute Gasteiger partial charge is 0.327 e. The molecule has 4 rings (SSSR count). The molecule has 29 heavy (non-hydrogen) atoms. The van der Waals surface area contributed by atoms with Gasteiger partial charge in [-0.1, -0.05) is 25.0 Å². The zero-order valence-electron chi connectivity index (χ0n) is 16.6. The number of benzene rings is 2. The Morgan fingerprint density at radius 2 is 1.97 bits per heavy atom. The summed E-state index contributed by atoms with van der Waals surface area (Å²) in [6.07, 6.45) is 5.22. The van der Waals surface area contributed by atoms with E-state index < -0.39 is 0 Å². The molecule has 0 unspecified atom stereocenters. The van der Waals surface area contributed by atoms with Crippen LogP contribution in [-0.4, -0.2) is 40.6 Å². The minimum Gasteiger partial charge on any atom is -0.497 e. The second kappa shape index (κ2) is 9.22. The zero-order valence-corrected chi connectivity index (χ0v) is 17.4. The standard InChI is InChI=1S/C22H26N4O2S/c1-28-17-10-12-18(13-11-17)29-25-22(27)26(16-6-2-3-7-16)15-14-21-23-19-8-4-5-9-20(19)24-21/h4-5,8-13,16H,2-3,6-7,14-15H2,1H3,(H,23,24)(H,25,27). The van der Waals surface area contributed by atoms with E-state index in [1.54, 1.807) is 7.11 Å². The van der Waals surface area contributed by atoms with Crippen LogP contribution < -0.4 is 9.46 Å². The summed E-state index contributed by atoms with van der Waals surface area (Å²) in [5.74, 6) is 1.73. The number of fused-ring (bicyclic) bond motifs is 1. The minimum absolute atomic E-state index is 0.0335. The summed E-state index contributed by atoms with van der Waals surface area (Å²) in [5, 5.41) is 0. The van der Waals surface area contributed by atoms with Crippen LogP contribution in [0, 0.1) is 0 Å². The monoisotopic (exact) mass is 410 g/mol. The molecule has 1 fully saturated rings. The van der Waals surface area contributed by atoms with Gasteiger partial charge in [-0.2, -0.15) is 0 Å². The van der Waals surface area contributed by atoms with E-state index in [1.807, 2.05) is 53.4 Å². The van der Waals surface area contributed by atoms with Crippen molar-refractivity contribution in [3.63, 3.8) is 0 Å². The number of hydrogen-bond acceptors (Lipinski definition) is 4. The topological polar surface area (TPSA) is 70.2 Å². The van der Waals surface area contributed by atoms with Crippen molar-refractivity contribution in [2.75, 3.05) is 13.7 Å². The number of ether oxygens (including phenoxy) is 1. The molecule has 2 amide bonds. The number of para-hydroxylation sites is 2. The molecular formula is C22H26N4O2S. The lowest BCUT2D eigenvalue weighted by atomic mass is 10.2. The van der Waals surface area contributed by atoms with Gasteiger partial charge in [-0.25, -0.2) is 9.78 Å². The van der Waals surface area contributed by atoms with Crippen molar-refractivity contribution in [2.24, 2.45) is 0 Å². The van der Waals surface area contributed by atoms with Crippen LogP contribution in [0.2, 0.25) is 0 Å². The predicted octanol–water partition coefficient (Wildman–Crippen LogP) is 4.78. The van der Waals surface area contributed by atoms with Crippen molar-refractivity contribution in [3.8, 4) is 5.75 Å². The number of nitrogens with one attached hydrogen (secondary N) is 2. The quantitative estimate of drug-likeness (QED) is 0.550. The average Bonchev–Trinajstić information content (AvgIpc) is 3.42. The van der Waals surface area contributed by atoms with E-state index >= 15 is 0 Å². The van der Waals surface area contributed by atoms with Gasteiger partial charge in [0.05, 0.1) is 18.1 Å². The molecule has 152 valence electrons. The van der Waals surface area contributed by atoms with Crippen molar-refractivity contribution >= 4 is 29.0 Å². The maximum absolute atomic E-state index is 13.0. The minimum atomic E-state index is -0.0335. The predicted molar refractivity (Wildman–Crippen MR) is 116 cm³/mol. The molecule has 0 aliphatic heterocycles. The molecule has 2 N–H and O–H groups in total. The van der Waals surface area contributed by atoms with Crippen LogP contribution in [0.5, 0.6) is 5.75 Å². The van der Waals surface area contributed by atoms with Gasteiger partial charge in [0, 0.05) is 23.9 Å².